The van der Waals surface area contributed by atoms with Crippen molar-refractivity contribution in [2.24, 2.45) is 4.99 Å². The molecule has 0 atom stereocenters. The van der Waals surface area contributed by atoms with E-state index in [1.165, 1.54) is 17.5 Å². The summed E-state index contributed by atoms with van der Waals surface area (Å²) in [6, 6.07) is 12.7. The van der Waals surface area contributed by atoms with Gasteiger partial charge in [-0.15, -0.1) is 0 Å². The van der Waals surface area contributed by atoms with E-state index in [0.29, 0.717) is 0 Å². The van der Waals surface area contributed by atoms with E-state index >= 15 is 0 Å². The highest BCUT2D eigenvalue weighted by Crippen LogP contribution is 2.21. The van der Waals surface area contributed by atoms with Crippen LogP contribution in [-0.4, -0.2) is 22.4 Å². The first-order valence-corrected chi connectivity index (χ1v) is 8.30. The summed E-state index contributed by atoms with van der Waals surface area (Å²) < 4.78 is 5.51. The Morgan fingerprint density at radius 1 is 1.19 bits per heavy atom. The minimum absolute atomic E-state index is 0.771. The SMILES string of the molecule is Cc1ccc(CN(Cc2ccco2)C2=NCCCS2)cc1. The number of rotatable bonds is 4. The second kappa shape index (κ2) is 6.85. The van der Waals surface area contributed by atoms with Crippen molar-refractivity contribution in [3.8, 4) is 0 Å². The van der Waals surface area contributed by atoms with Gasteiger partial charge < -0.3 is 9.32 Å². The number of hydrogen-bond acceptors (Lipinski definition) is 4. The summed E-state index contributed by atoms with van der Waals surface area (Å²) in [5, 5.41) is 1.14. The van der Waals surface area contributed by atoms with Crippen molar-refractivity contribution in [1.29, 1.82) is 0 Å². The van der Waals surface area contributed by atoms with Crippen LogP contribution in [0, 0.1) is 6.92 Å². The maximum atomic E-state index is 5.51. The summed E-state index contributed by atoms with van der Waals surface area (Å²) in [4.78, 5) is 7.00. The molecule has 0 saturated heterocycles. The van der Waals surface area contributed by atoms with Crippen LogP contribution in [-0.2, 0) is 13.1 Å². The number of aryl methyl sites for hydroxylation is 1. The van der Waals surface area contributed by atoms with Crippen LogP contribution in [0.3, 0.4) is 0 Å². The lowest BCUT2D eigenvalue weighted by Crippen LogP contribution is -2.29. The quantitative estimate of drug-likeness (QED) is 0.851. The predicted octanol–water partition coefficient (Wildman–Crippen LogP) is 4.08. The lowest BCUT2D eigenvalue weighted by Gasteiger charge is -2.27. The Labute approximate surface area is 130 Å². The zero-order chi connectivity index (χ0) is 14.5. The van der Waals surface area contributed by atoms with Crippen LogP contribution in [0.25, 0.3) is 0 Å². The van der Waals surface area contributed by atoms with Gasteiger partial charge in [-0.2, -0.15) is 0 Å². The lowest BCUT2D eigenvalue weighted by molar-refractivity contribution is 0.360. The van der Waals surface area contributed by atoms with Gasteiger partial charge in [0.2, 0.25) is 0 Å². The van der Waals surface area contributed by atoms with Gasteiger partial charge in [0.15, 0.2) is 5.17 Å². The molecule has 0 N–H and O–H groups in total. The van der Waals surface area contributed by atoms with E-state index in [1.54, 1.807) is 6.26 Å². The standard InChI is InChI=1S/C17H20N2OS/c1-14-5-7-15(8-6-14)12-19(13-16-4-2-10-20-16)17-18-9-3-11-21-17/h2,4-8,10H,3,9,11-13H2,1H3. The number of nitrogens with zero attached hydrogens (tertiary/aromatic N) is 2. The van der Waals surface area contributed by atoms with E-state index in [-0.39, 0.29) is 0 Å². The van der Waals surface area contributed by atoms with Crippen molar-refractivity contribution in [2.75, 3.05) is 12.3 Å². The van der Waals surface area contributed by atoms with Gasteiger partial charge >= 0.3 is 0 Å². The third-order valence-electron chi connectivity index (χ3n) is 3.47. The minimum Gasteiger partial charge on any atom is -0.467 e. The Balaban J connectivity index is 1.77. The first-order chi connectivity index (χ1) is 10.3. The highest BCUT2D eigenvalue weighted by Gasteiger charge is 2.16. The van der Waals surface area contributed by atoms with Gasteiger partial charge in [-0.1, -0.05) is 41.6 Å². The van der Waals surface area contributed by atoms with Crippen molar-refractivity contribution in [1.82, 2.24) is 4.90 Å². The molecule has 1 aliphatic rings. The molecule has 0 fully saturated rings. The molecule has 2 heterocycles. The molecule has 110 valence electrons. The van der Waals surface area contributed by atoms with Gasteiger partial charge in [0.25, 0.3) is 0 Å². The van der Waals surface area contributed by atoms with Crippen molar-refractivity contribution < 1.29 is 4.42 Å². The summed E-state index contributed by atoms with van der Waals surface area (Å²) in [5.41, 5.74) is 2.60. The fraction of sp³-hybridized carbons (Fsp3) is 0.353. The van der Waals surface area contributed by atoms with Crippen molar-refractivity contribution in [3.63, 3.8) is 0 Å². The molecule has 4 heteroatoms. The molecule has 21 heavy (non-hydrogen) atoms. The second-order valence-electron chi connectivity index (χ2n) is 5.29. The molecule has 1 aliphatic heterocycles. The zero-order valence-electron chi connectivity index (χ0n) is 12.3. The van der Waals surface area contributed by atoms with Gasteiger partial charge in [0.05, 0.1) is 12.8 Å². The first-order valence-electron chi connectivity index (χ1n) is 7.31. The Morgan fingerprint density at radius 2 is 2.05 bits per heavy atom. The normalized spacial score (nSPS) is 14.8. The zero-order valence-corrected chi connectivity index (χ0v) is 13.1. The van der Waals surface area contributed by atoms with Crippen molar-refractivity contribution >= 4 is 16.9 Å². The molecule has 0 radical (unpaired) electrons. The fourth-order valence-corrected chi connectivity index (χ4v) is 3.29. The highest BCUT2D eigenvalue weighted by atomic mass is 32.2. The second-order valence-corrected chi connectivity index (χ2v) is 6.35. The Bertz CT molecular complexity index is 590. The molecule has 0 unspecified atom stereocenters. The molecular formula is C17H20N2OS. The van der Waals surface area contributed by atoms with Crippen molar-refractivity contribution in [2.45, 2.75) is 26.4 Å². The maximum absolute atomic E-state index is 5.51. The number of thioether (sulfide) groups is 1. The van der Waals surface area contributed by atoms with E-state index in [1.807, 2.05) is 23.9 Å². The van der Waals surface area contributed by atoms with E-state index in [9.17, 15) is 0 Å². The predicted molar refractivity (Wildman–Crippen MR) is 88.5 cm³/mol. The topological polar surface area (TPSA) is 28.7 Å². The first kappa shape index (κ1) is 14.3. The van der Waals surface area contributed by atoms with Crippen LogP contribution < -0.4 is 0 Å². The number of aliphatic imine (C=N–C) groups is 1. The molecule has 0 amide bonds. The third-order valence-corrected chi connectivity index (χ3v) is 4.61. The summed E-state index contributed by atoms with van der Waals surface area (Å²) in [6.07, 6.45) is 2.91. The number of furan rings is 1. The summed E-state index contributed by atoms with van der Waals surface area (Å²) in [5.74, 6) is 2.14. The van der Waals surface area contributed by atoms with Gasteiger partial charge in [0.1, 0.15) is 5.76 Å². The van der Waals surface area contributed by atoms with Crippen LogP contribution in [0.4, 0.5) is 0 Å². The molecule has 2 aromatic rings. The van der Waals surface area contributed by atoms with Gasteiger partial charge in [-0.3, -0.25) is 4.99 Å². The van der Waals surface area contributed by atoms with Gasteiger partial charge in [-0.25, -0.2) is 0 Å². The van der Waals surface area contributed by atoms with Gasteiger partial charge in [-0.05, 0) is 31.0 Å². The molecular weight excluding hydrogens is 280 g/mol. The highest BCUT2D eigenvalue weighted by molar-refractivity contribution is 8.13. The molecule has 1 aromatic carbocycles. The van der Waals surface area contributed by atoms with Gasteiger partial charge in [0, 0.05) is 18.8 Å². The Hall–Kier alpha value is -1.68. The Morgan fingerprint density at radius 3 is 2.71 bits per heavy atom. The smallest absolute Gasteiger partial charge is 0.159 e. The average molecular weight is 300 g/mol. The lowest BCUT2D eigenvalue weighted by atomic mass is 10.1. The number of amidine groups is 1. The minimum atomic E-state index is 0.771. The molecule has 0 aliphatic carbocycles. The molecule has 3 nitrogen and oxygen atoms in total. The van der Waals surface area contributed by atoms with Crippen LogP contribution in [0.1, 0.15) is 23.3 Å². The third kappa shape index (κ3) is 3.91. The summed E-state index contributed by atoms with van der Waals surface area (Å²) >= 11 is 1.85. The largest absolute Gasteiger partial charge is 0.467 e. The molecule has 0 bridgehead atoms. The van der Waals surface area contributed by atoms with Crippen molar-refractivity contribution in [3.05, 3.63) is 59.5 Å². The van der Waals surface area contributed by atoms with E-state index in [4.69, 9.17) is 4.42 Å². The molecule has 3 rings (SSSR count). The van der Waals surface area contributed by atoms with E-state index < -0.39 is 0 Å². The van der Waals surface area contributed by atoms with Crippen LogP contribution in [0.15, 0.2) is 52.1 Å². The molecule has 1 aromatic heterocycles. The molecule has 0 saturated carbocycles. The maximum Gasteiger partial charge on any atom is 0.159 e. The monoisotopic (exact) mass is 300 g/mol. The molecule has 0 spiro atoms. The number of hydrogen-bond donors (Lipinski definition) is 0. The van der Waals surface area contributed by atoms with Crippen LogP contribution >= 0.6 is 11.8 Å². The summed E-state index contributed by atoms with van der Waals surface area (Å²) in [6.45, 7) is 4.69. The van der Waals surface area contributed by atoms with Crippen LogP contribution in [0.2, 0.25) is 0 Å². The summed E-state index contributed by atoms with van der Waals surface area (Å²) in [7, 11) is 0. The fourth-order valence-electron chi connectivity index (χ4n) is 2.34. The van der Waals surface area contributed by atoms with E-state index in [0.717, 1.165) is 36.3 Å². The number of benzene rings is 1. The van der Waals surface area contributed by atoms with E-state index in [2.05, 4.69) is 41.1 Å². The Kier molecular flexibility index (Phi) is 4.65. The average Bonchev–Trinajstić information content (AvgIpc) is 3.03. The van der Waals surface area contributed by atoms with Crippen LogP contribution in [0.5, 0.6) is 0 Å².